The van der Waals surface area contributed by atoms with Crippen molar-refractivity contribution in [3.8, 4) is 11.4 Å². The van der Waals surface area contributed by atoms with Gasteiger partial charge in [0.25, 0.3) is 5.95 Å². The zero-order valence-electron chi connectivity index (χ0n) is 10.6. The van der Waals surface area contributed by atoms with Crippen molar-refractivity contribution in [2.75, 3.05) is 4.90 Å². The third-order valence-electron chi connectivity index (χ3n) is 3.07. The van der Waals surface area contributed by atoms with Crippen LogP contribution in [0.2, 0.25) is 0 Å². The van der Waals surface area contributed by atoms with Crippen LogP contribution in [0.25, 0.3) is 11.4 Å². The largest absolute Gasteiger partial charge is 0.274 e. The van der Waals surface area contributed by atoms with Crippen LogP contribution in [-0.4, -0.2) is 26.6 Å². The van der Waals surface area contributed by atoms with E-state index in [0.717, 1.165) is 16.0 Å². The van der Waals surface area contributed by atoms with Gasteiger partial charge >= 0.3 is 0 Å². The van der Waals surface area contributed by atoms with Gasteiger partial charge in [0.1, 0.15) is 0 Å². The van der Waals surface area contributed by atoms with E-state index in [9.17, 15) is 9.59 Å². The summed E-state index contributed by atoms with van der Waals surface area (Å²) in [6, 6.07) is 7.86. The summed E-state index contributed by atoms with van der Waals surface area (Å²) < 4.78 is 1.71. The standard InChI is InChI=1S/C13H12N4O2/c1-8(18)17(9(2)19)13-14-12-11-6-4-3-5-10(11)7-16(12)15-13/h3-6H,7H2,1-2H3. The summed E-state index contributed by atoms with van der Waals surface area (Å²) in [6.07, 6.45) is 0. The zero-order valence-corrected chi connectivity index (χ0v) is 10.6. The van der Waals surface area contributed by atoms with Crippen molar-refractivity contribution in [2.45, 2.75) is 20.4 Å². The van der Waals surface area contributed by atoms with E-state index in [2.05, 4.69) is 10.1 Å². The van der Waals surface area contributed by atoms with Gasteiger partial charge in [0.05, 0.1) is 6.54 Å². The van der Waals surface area contributed by atoms with Crippen molar-refractivity contribution in [3.63, 3.8) is 0 Å². The maximum atomic E-state index is 11.5. The molecule has 0 N–H and O–H groups in total. The summed E-state index contributed by atoms with van der Waals surface area (Å²) in [6.45, 7) is 3.26. The highest BCUT2D eigenvalue weighted by atomic mass is 16.2. The molecule has 0 atom stereocenters. The molecular weight excluding hydrogens is 244 g/mol. The van der Waals surface area contributed by atoms with Gasteiger partial charge in [-0.1, -0.05) is 24.3 Å². The molecule has 2 amide bonds. The molecule has 0 saturated heterocycles. The Balaban J connectivity index is 2.07. The molecule has 0 aliphatic carbocycles. The Kier molecular flexibility index (Phi) is 2.45. The topological polar surface area (TPSA) is 68.1 Å². The molecular formula is C13H12N4O2. The number of amides is 2. The lowest BCUT2D eigenvalue weighted by atomic mass is 10.1. The molecule has 1 aliphatic rings. The van der Waals surface area contributed by atoms with Gasteiger partial charge < -0.3 is 0 Å². The molecule has 1 aliphatic heterocycles. The first-order valence-electron chi connectivity index (χ1n) is 5.92. The molecule has 0 bridgehead atoms. The predicted octanol–water partition coefficient (Wildman–Crippen LogP) is 1.21. The summed E-state index contributed by atoms with van der Waals surface area (Å²) in [5, 5.41) is 4.24. The van der Waals surface area contributed by atoms with Crippen LogP contribution in [0.5, 0.6) is 0 Å². The van der Waals surface area contributed by atoms with Gasteiger partial charge in [0.2, 0.25) is 11.8 Å². The number of hydrogen-bond acceptors (Lipinski definition) is 4. The second-order valence-corrected chi connectivity index (χ2v) is 4.42. The summed E-state index contributed by atoms with van der Waals surface area (Å²) >= 11 is 0. The molecule has 3 rings (SSSR count). The molecule has 1 aromatic carbocycles. The number of imide groups is 1. The van der Waals surface area contributed by atoms with Gasteiger partial charge in [-0.25, -0.2) is 9.58 Å². The third kappa shape index (κ3) is 1.72. The number of carbonyl (C=O) groups excluding carboxylic acids is 2. The van der Waals surface area contributed by atoms with E-state index in [0.29, 0.717) is 12.4 Å². The molecule has 0 spiro atoms. The third-order valence-corrected chi connectivity index (χ3v) is 3.07. The van der Waals surface area contributed by atoms with E-state index in [1.54, 1.807) is 4.68 Å². The zero-order chi connectivity index (χ0) is 13.6. The Hall–Kier alpha value is -2.50. The SMILES string of the molecule is CC(=O)N(C(C)=O)c1nc2n(n1)Cc1ccccc1-2. The normalized spacial score (nSPS) is 11.9. The minimum absolute atomic E-state index is 0.143. The quantitative estimate of drug-likeness (QED) is 0.656. The highest BCUT2D eigenvalue weighted by Gasteiger charge is 2.27. The summed E-state index contributed by atoms with van der Waals surface area (Å²) in [5.74, 6) is 0.0673. The molecule has 0 saturated carbocycles. The van der Waals surface area contributed by atoms with Crippen LogP contribution in [0, 0.1) is 0 Å². The first-order chi connectivity index (χ1) is 9.08. The Morgan fingerprint density at radius 2 is 1.89 bits per heavy atom. The molecule has 2 aromatic rings. The molecule has 6 nitrogen and oxygen atoms in total. The smallest absolute Gasteiger partial charge is 0.258 e. The summed E-state index contributed by atoms with van der Waals surface area (Å²) in [7, 11) is 0. The van der Waals surface area contributed by atoms with E-state index >= 15 is 0 Å². The maximum absolute atomic E-state index is 11.5. The second-order valence-electron chi connectivity index (χ2n) is 4.42. The Labute approximate surface area is 109 Å². The number of rotatable bonds is 1. The number of hydrogen-bond donors (Lipinski definition) is 0. The number of carbonyl (C=O) groups is 2. The second kappa shape index (κ2) is 4.01. The fraction of sp³-hybridized carbons (Fsp3) is 0.231. The van der Waals surface area contributed by atoms with Gasteiger partial charge in [-0.15, -0.1) is 5.10 Å². The molecule has 0 unspecified atom stereocenters. The van der Waals surface area contributed by atoms with Crippen molar-refractivity contribution < 1.29 is 9.59 Å². The summed E-state index contributed by atoms with van der Waals surface area (Å²) in [4.78, 5) is 28.2. The molecule has 96 valence electrons. The van der Waals surface area contributed by atoms with Crippen LogP contribution in [0.3, 0.4) is 0 Å². The molecule has 0 fully saturated rings. The van der Waals surface area contributed by atoms with Gasteiger partial charge in [-0.3, -0.25) is 9.59 Å². The fourth-order valence-corrected chi connectivity index (χ4v) is 2.28. The lowest BCUT2D eigenvalue weighted by molar-refractivity contribution is -0.124. The Morgan fingerprint density at radius 3 is 2.58 bits per heavy atom. The fourth-order valence-electron chi connectivity index (χ4n) is 2.28. The molecule has 6 heteroatoms. The highest BCUT2D eigenvalue weighted by molar-refractivity contribution is 6.11. The van der Waals surface area contributed by atoms with Gasteiger partial charge in [-0.2, -0.15) is 4.98 Å². The minimum atomic E-state index is -0.384. The lowest BCUT2D eigenvalue weighted by Crippen LogP contribution is -2.34. The van der Waals surface area contributed by atoms with Crippen LogP contribution in [0.15, 0.2) is 24.3 Å². The molecule has 19 heavy (non-hydrogen) atoms. The van der Waals surface area contributed by atoms with Crippen molar-refractivity contribution in [1.82, 2.24) is 14.8 Å². The van der Waals surface area contributed by atoms with Crippen molar-refractivity contribution in [2.24, 2.45) is 0 Å². The van der Waals surface area contributed by atoms with Crippen LogP contribution in [-0.2, 0) is 16.1 Å². The molecule has 2 heterocycles. The number of fused-ring (bicyclic) bond motifs is 3. The van der Waals surface area contributed by atoms with Gasteiger partial charge in [0, 0.05) is 19.4 Å². The van der Waals surface area contributed by atoms with E-state index in [1.165, 1.54) is 13.8 Å². The monoisotopic (exact) mass is 256 g/mol. The van der Waals surface area contributed by atoms with Gasteiger partial charge in [0.15, 0.2) is 5.82 Å². The average Bonchev–Trinajstić information content (AvgIpc) is 2.85. The first kappa shape index (κ1) is 11.6. The van der Waals surface area contributed by atoms with Crippen molar-refractivity contribution in [1.29, 1.82) is 0 Å². The average molecular weight is 256 g/mol. The predicted molar refractivity (Wildman–Crippen MR) is 68.4 cm³/mol. The highest BCUT2D eigenvalue weighted by Crippen LogP contribution is 2.31. The summed E-state index contributed by atoms with van der Waals surface area (Å²) in [5.41, 5.74) is 2.13. The van der Waals surface area contributed by atoms with Crippen LogP contribution >= 0.6 is 0 Å². The van der Waals surface area contributed by atoms with E-state index in [1.807, 2.05) is 24.3 Å². The van der Waals surface area contributed by atoms with Crippen molar-refractivity contribution in [3.05, 3.63) is 29.8 Å². The maximum Gasteiger partial charge on any atom is 0.258 e. The van der Waals surface area contributed by atoms with Crippen LogP contribution < -0.4 is 4.90 Å². The first-order valence-corrected chi connectivity index (χ1v) is 5.92. The van der Waals surface area contributed by atoms with Gasteiger partial charge in [-0.05, 0) is 5.56 Å². The Morgan fingerprint density at radius 1 is 1.21 bits per heavy atom. The van der Waals surface area contributed by atoms with Crippen LogP contribution in [0.1, 0.15) is 19.4 Å². The van der Waals surface area contributed by atoms with E-state index < -0.39 is 0 Å². The minimum Gasteiger partial charge on any atom is -0.274 e. The van der Waals surface area contributed by atoms with E-state index in [4.69, 9.17) is 0 Å². The Bertz CT molecular complexity index is 676. The number of anilines is 1. The van der Waals surface area contributed by atoms with Crippen LogP contribution in [0.4, 0.5) is 5.95 Å². The number of nitrogens with zero attached hydrogens (tertiary/aromatic N) is 4. The lowest BCUT2D eigenvalue weighted by Gasteiger charge is -2.11. The molecule has 1 aromatic heterocycles. The van der Waals surface area contributed by atoms with Crippen molar-refractivity contribution >= 4 is 17.8 Å². The van der Waals surface area contributed by atoms with E-state index in [-0.39, 0.29) is 17.8 Å². The number of aromatic nitrogens is 3. The number of benzene rings is 1. The molecule has 0 radical (unpaired) electrons.